The van der Waals surface area contributed by atoms with Gasteiger partial charge in [0.15, 0.2) is 0 Å². The molecule has 1 unspecified atom stereocenters. The van der Waals surface area contributed by atoms with Crippen molar-refractivity contribution in [3.8, 4) is 11.8 Å². The molecular weight excluding hydrogens is 306 g/mol. The first-order valence-corrected chi connectivity index (χ1v) is 8.92. The molecule has 0 aliphatic heterocycles. The Labute approximate surface area is 149 Å². The second kappa shape index (κ2) is 8.46. The van der Waals surface area contributed by atoms with Gasteiger partial charge in [-0.15, -0.1) is 0 Å². The number of rotatable bonds is 5. The Morgan fingerprint density at radius 1 is 0.960 bits per heavy atom. The van der Waals surface area contributed by atoms with Crippen LogP contribution in [0.2, 0.25) is 0 Å². The molecule has 0 aliphatic carbocycles. The van der Waals surface area contributed by atoms with Crippen molar-refractivity contribution in [2.75, 3.05) is 0 Å². The molecule has 0 saturated carbocycles. The Balaban J connectivity index is 1.76. The minimum atomic E-state index is -0.410. The number of unbranched alkanes of at least 4 members (excludes halogenated alkanes) is 2. The van der Waals surface area contributed by atoms with Crippen molar-refractivity contribution in [3.63, 3.8) is 0 Å². The molecule has 3 rings (SSSR count). The van der Waals surface area contributed by atoms with Crippen molar-refractivity contribution >= 4 is 10.9 Å². The largest absolute Gasteiger partial charge is 0.388 e. The van der Waals surface area contributed by atoms with E-state index in [0.717, 1.165) is 53.4 Å². The Kier molecular flexibility index (Phi) is 5.82. The van der Waals surface area contributed by atoms with Crippen LogP contribution in [-0.2, 0) is 0 Å². The molecule has 126 valence electrons. The number of nitrogens with zero attached hydrogens (tertiary/aromatic N) is 1. The van der Waals surface area contributed by atoms with Gasteiger partial charge in [-0.3, -0.25) is 0 Å². The summed E-state index contributed by atoms with van der Waals surface area (Å²) in [5, 5.41) is 11.4. The number of hydrogen-bond acceptors (Lipinski definition) is 2. The summed E-state index contributed by atoms with van der Waals surface area (Å²) in [6.45, 7) is 2.17. The lowest BCUT2D eigenvalue weighted by Crippen LogP contribution is -1.97. The average Bonchev–Trinajstić information content (AvgIpc) is 2.66. The summed E-state index contributed by atoms with van der Waals surface area (Å²) >= 11 is 0. The van der Waals surface area contributed by atoms with Crippen LogP contribution in [0.25, 0.3) is 10.9 Å². The summed E-state index contributed by atoms with van der Waals surface area (Å²) in [6.07, 6.45) is 3.76. The number of para-hydroxylation sites is 1. The highest BCUT2D eigenvalue weighted by Gasteiger charge is 2.07. The molecule has 0 saturated heterocycles. The lowest BCUT2D eigenvalue weighted by atomic mass is 10.0. The number of aliphatic hydroxyl groups excluding tert-OH is 1. The first-order valence-electron chi connectivity index (χ1n) is 8.92. The number of fused-ring (bicyclic) bond motifs is 1. The van der Waals surface area contributed by atoms with Crippen LogP contribution < -0.4 is 0 Å². The van der Waals surface area contributed by atoms with Crippen molar-refractivity contribution < 1.29 is 5.11 Å². The molecule has 2 heteroatoms. The Bertz CT molecular complexity index is 904. The van der Waals surface area contributed by atoms with Crippen molar-refractivity contribution in [2.24, 2.45) is 0 Å². The van der Waals surface area contributed by atoms with Gasteiger partial charge in [-0.25, -0.2) is 4.98 Å². The fourth-order valence-electron chi connectivity index (χ4n) is 2.85. The number of benzene rings is 2. The Morgan fingerprint density at radius 2 is 1.84 bits per heavy atom. The van der Waals surface area contributed by atoms with Crippen LogP contribution in [-0.4, -0.2) is 10.1 Å². The SMILES string of the molecule is CCCCCC(O)c1cccc(C#Cc2ccc3ccccc3n2)c1. The monoisotopic (exact) mass is 329 g/mol. The summed E-state index contributed by atoms with van der Waals surface area (Å²) in [5.74, 6) is 6.29. The molecule has 2 nitrogen and oxygen atoms in total. The van der Waals surface area contributed by atoms with Crippen LogP contribution in [0.3, 0.4) is 0 Å². The zero-order valence-electron chi connectivity index (χ0n) is 14.6. The maximum Gasteiger partial charge on any atom is 0.114 e. The van der Waals surface area contributed by atoms with Gasteiger partial charge in [0.05, 0.1) is 11.6 Å². The summed E-state index contributed by atoms with van der Waals surface area (Å²) in [7, 11) is 0. The smallest absolute Gasteiger partial charge is 0.114 e. The van der Waals surface area contributed by atoms with Gasteiger partial charge in [-0.1, -0.05) is 68.5 Å². The minimum absolute atomic E-state index is 0.410. The van der Waals surface area contributed by atoms with Gasteiger partial charge in [-0.05, 0) is 42.2 Å². The van der Waals surface area contributed by atoms with E-state index in [-0.39, 0.29) is 0 Å². The molecule has 2 aromatic carbocycles. The molecule has 3 aromatic rings. The minimum Gasteiger partial charge on any atom is -0.388 e. The van der Waals surface area contributed by atoms with Crippen LogP contribution in [0.5, 0.6) is 0 Å². The molecule has 0 aliphatic rings. The third-order valence-corrected chi connectivity index (χ3v) is 4.29. The number of pyridine rings is 1. The van der Waals surface area contributed by atoms with E-state index >= 15 is 0 Å². The van der Waals surface area contributed by atoms with Crippen molar-refractivity contribution in [3.05, 3.63) is 77.5 Å². The van der Waals surface area contributed by atoms with E-state index in [2.05, 4.69) is 23.7 Å². The number of aliphatic hydroxyl groups is 1. The van der Waals surface area contributed by atoms with Crippen LogP contribution in [0, 0.1) is 11.8 Å². The topological polar surface area (TPSA) is 33.1 Å². The molecule has 25 heavy (non-hydrogen) atoms. The van der Waals surface area contributed by atoms with Gasteiger partial charge >= 0.3 is 0 Å². The predicted octanol–water partition coefficient (Wildman–Crippen LogP) is 5.25. The first-order chi connectivity index (χ1) is 12.3. The highest BCUT2D eigenvalue weighted by atomic mass is 16.3. The summed E-state index contributed by atoms with van der Waals surface area (Å²) in [5.41, 5.74) is 3.55. The van der Waals surface area contributed by atoms with Gasteiger partial charge in [0.25, 0.3) is 0 Å². The summed E-state index contributed by atoms with van der Waals surface area (Å²) in [4.78, 5) is 4.57. The lowest BCUT2D eigenvalue weighted by Gasteiger charge is -2.10. The third kappa shape index (κ3) is 4.68. The quantitative estimate of drug-likeness (QED) is 0.512. The molecular formula is C23H23NO. The van der Waals surface area contributed by atoms with Gasteiger partial charge in [0, 0.05) is 10.9 Å². The summed E-state index contributed by atoms with van der Waals surface area (Å²) < 4.78 is 0. The zero-order chi connectivity index (χ0) is 17.5. The third-order valence-electron chi connectivity index (χ3n) is 4.29. The molecule has 0 bridgehead atoms. The van der Waals surface area contributed by atoms with E-state index in [1.807, 2.05) is 60.7 Å². The summed E-state index contributed by atoms with van der Waals surface area (Å²) in [6, 6.07) is 19.9. The fraction of sp³-hybridized carbons (Fsp3) is 0.261. The van der Waals surface area contributed by atoms with Crippen LogP contribution in [0.4, 0.5) is 0 Å². The molecule has 0 radical (unpaired) electrons. The molecule has 1 aromatic heterocycles. The Hall–Kier alpha value is -2.63. The van der Waals surface area contributed by atoms with Gasteiger partial charge < -0.3 is 5.11 Å². The van der Waals surface area contributed by atoms with Gasteiger partial charge in [0.2, 0.25) is 0 Å². The molecule has 1 N–H and O–H groups in total. The van der Waals surface area contributed by atoms with E-state index in [9.17, 15) is 5.11 Å². The molecule has 1 heterocycles. The van der Waals surface area contributed by atoms with Crippen molar-refractivity contribution in [1.82, 2.24) is 4.98 Å². The maximum absolute atomic E-state index is 10.3. The van der Waals surface area contributed by atoms with Gasteiger partial charge in [-0.2, -0.15) is 0 Å². The van der Waals surface area contributed by atoms with Gasteiger partial charge in [0.1, 0.15) is 5.69 Å². The van der Waals surface area contributed by atoms with E-state index in [0.29, 0.717) is 0 Å². The van der Waals surface area contributed by atoms with Crippen LogP contribution in [0.1, 0.15) is 55.5 Å². The van der Waals surface area contributed by atoms with Crippen molar-refractivity contribution in [2.45, 2.75) is 38.7 Å². The van der Waals surface area contributed by atoms with E-state index in [1.54, 1.807) is 0 Å². The average molecular weight is 329 g/mol. The van der Waals surface area contributed by atoms with Crippen LogP contribution in [0.15, 0.2) is 60.7 Å². The standard InChI is InChI=1S/C23H23NO/c1-2-3-4-12-23(25)20-10-7-8-18(17-20)13-15-21-16-14-19-9-5-6-11-22(19)24-21/h5-11,14,16-17,23,25H,2-4,12H2,1H3. The fourth-order valence-corrected chi connectivity index (χ4v) is 2.85. The van der Waals surface area contributed by atoms with E-state index in [4.69, 9.17) is 0 Å². The zero-order valence-corrected chi connectivity index (χ0v) is 14.6. The highest BCUT2D eigenvalue weighted by molar-refractivity contribution is 5.78. The molecule has 0 amide bonds. The molecule has 0 fully saturated rings. The predicted molar refractivity (Wildman–Crippen MR) is 103 cm³/mol. The van der Waals surface area contributed by atoms with Crippen molar-refractivity contribution in [1.29, 1.82) is 0 Å². The van der Waals surface area contributed by atoms with E-state index < -0.39 is 6.10 Å². The van der Waals surface area contributed by atoms with Crippen LogP contribution >= 0.6 is 0 Å². The highest BCUT2D eigenvalue weighted by Crippen LogP contribution is 2.20. The lowest BCUT2D eigenvalue weighted by molar-refractivity contribution is 0.163. The number of hydrogen-bond donors (Lipinski definition) is 1. The Morgan fingerprint density at radius 3 is 2.72 bits per heavy atom. The second-order valence-electron chi connectivity index (χ2n) is 6.28. The maximum atomic E-state index is 10.3. The normalized spacial score (nSPS) is 11.8. The first kappa shape index (κ1) is 17.2. The van der Waals surface area contributed by atoms with E-state index in [1.165, 1.54) is 0 Å². The second-order valence-corrected chi connectivity index (χ2v) is 6.28. The molecule has 1 atom stereocenters. The number of aromatic nitrogens is 1. The molecule has 0 spiro atoms.